The van der Waals surface area contributed by atoms with Gasteiger partial charge in [-0.3, -0.25) is 14.8 Å². The van der Waals surface area contributed by atoms with Crippen molar-refractivity contribution < 1.29 is 13.2 Å². The van der Waals surface area contributed by atoms with E-state index in [0.717, 1.165) is 11.3 Å². The molecule has 0 unspecified atom stereocenters. The molecule has 1 N–H and O–H groups in total. The Hall–Kier alpha value is -2.58. The summed E-state index contributed by atoms with van der Waals surface area (Å²) in [6, 6.07) is 9.89. The highest BCUT2D eigenvalue weighted by Gasteiger charge is 2.30. The maximum atomic E-state index is 13.0. The lowest BCUT2D eigenvalue weighted by Gasteiger charge is -2.17. The van der Waals surface area contributed by atoms with Crippen LogP contribution in [0.25, 0.3) is 0 Å². The summed E-state index contributed by atoms with van der Waals surface area (Å²) >= 11 is 1.15. The van der Waals surface area contributed by atoms with E-state index in [4.69, 9.17) is 0 Å². The lowest BCUT2D eigenvalue weighted by molar-refractivity contribution is 0.0953. The van der Waals surface area contributed by atoms with Gasteiger partial charge in [0.05, 0.1) is 5.56 Å². The van der Waals surface area contributed by atoms with Gasteiger partial charge >= 0.3 is 0 Å². The van der Waals surface area contributed by atoms with Crippen LogP contribution in [-0.2, 0) is 9.84 Å². The molecule has 0 bridgehead atoms. The number of aromatic nitrogens is 2. The average molecular weight is 373 g/mol. The van der Waals surface area contributed by atoms with Crippen LogP contribution in [0, 0.1) is 0 Å². The van der Waals surface area contributed by atoms with Gasteiger partial charge in [0, 0.05) is 31.3 Å². The van der Waals surface area contributed by atoms with E-state index in [-0.39, 0.29) is 16.7 Å². The summed E-state index contributed by atoms with van der Waals surface area (Å²) < 4.78 is 26.2. The second-order valence-electron chi connectivity index (χ2n) is 5.20. The fourth-order valence-electron chi connectivity index (χ4n) is 2.32. The molecule has 6 nitrogen and oxygen atoms in total. The van der Waals surface area contributed by atoms with E-state index in [9.17, 15) is 13.2 Å². The molecule has 25 heavy (non-hydrogen) atoms. The Balaban J connectivity index is 1.87. The van der Waals surface area contributed by atoms with Gasteiger partial charge in [-0.2, -0.15) is 0 Å². The van der Waals surface area contributed by atoms with Crippen molar-refractivity contribution in [2.45, 2.75) is 9.46 Å². The van der Waals surface area contributed by atoms with E-state index >= 15 is 0 Å². The number of carbonyl (C=O) groups excluding carboxylic acids is 1. The lowest BCUT2D eigenvalue weighted by atomic mass is 10.2. The van der Waals surface area contributed by atoms with Crippen molar-refractivity contribution in [1.82, 2.24) is 15.3 Å². The number of nitrogens with one attached hydrogen (secondary N) is 1. The first kappa shape index (κ1) is 17.2. The highest BCUT2D eigenvalue weighted by molar-refractivity contribution is 7.93. The number of rotatable bonds is 6. The smallest absolute Gasteiger partial charge is 0.252 e. The molecule has 1 amide bonds. The Kier molecular flexibility index (Phi) is 5.20. The van der Waals surface area contributed by atoms with E-state index in [0.29, 0.717) is 11.1 Å². The molecule has 0 saturated carbocycles. The second-order valence-corrected chi connectivity index (χ2v) is 8.51. The number of thiophene rings is 1. The summed E-state index contributed by atoms with van der Waals surface area (Å²) in [6.45, 7) is -0.0559. The van der Waals surface area contributed by atoms with Crippen molar-refractivity contribution in [3.05, 3.63) is 77.7 Å². The number of hydrogen-bond donors (Lipinski definition) is 1. The summed E-state index contributed by atoms with van der Waals surface area (Å²) in [5, 5.41) is 3.48. The molecule has 128 valence electrons. The average Bonchev–Trinajstić information content (AvgIpc) is 3.19. The minimum absolute atomic E-state index is 0.0559. The van der Waals surface area contributed by atoms with Gasteiger partial charge in [0.15, 0.2) is 9.84 Å². The van der Waals surface area contributed by atoms with Crippen molar-refractivity contribution in [2.75, 3.05) is 6.54 Å². The fraction of sp³-hybridized carbons (Fsp3) is 0.118. The summed E-state index contributed by atoms with van der Waals surface area (Å²) in [5.41, 5.74) is 0.906. The summed E-state index contributed by atoms with van der Waals surface area (Å²) in [5.74, 6) is -0.372. The molecule has 0 aliphatic carbocycles. The monoisotopic (exact) mass is 373 g/mol. The van der Waals surface area contributed by atoms with Gasteiger partial charge in [-0.25, -0.2) is 8.42 Å². The number of sulfone groups is 1. The normalized spacial score (nSPS) is 12.5. The molecule has 8 heteroatoms. The van der Waals surface area contributed by atoms with E-state index in [1.54, 1.807) is 54.2 Å². The first-order valence-electron chi connectivity index (χ1n) is 7.44. The van der Waals surface area contributed by atoms with Crippen LogP contribution >= 0.6 is 11.3 Å². The molecule has 1 atom stereocenters. The third-order valence-corrected chi connectivity index (χ3v) is 7.11. The Morgan fingerprint density at radius 3 is 2.44 bits per heavy atom. The van der Waals surface area contributed by atoms with Crippen molar-refractivity contribution in [3.63, 3.8) is 0 Å². The predicted octanol–water partition coefficient (Wildman–Crippen LogP) is 2.48. The van der Waals surface area contributed by atoms with Crippen LogP contribution in [0.5, 0.6) is 0 Å². The molecule has 0 aromatic carbocycles. The Labute approximate surface area is 149 Å². The Morgan fingerprint density at radius 1 is 1.08 bits per heavy atom. The predicted molar refractivity (Wildman–Crippen MR) is 95.1 cm³/mol. The lowest BCUT2D eigenvalue weighted by Crippen LogP contribution is -2.31. The van der Waals surface area contributed by atoms with Crippen molar-refractivity contribution in [1.29, 1.82) is 0 Å². The molecule has 3 aromatic rings. The Bertz CT molecular complexity index is 928. The largest absolute Gasteiger partial charge is 0.350 e. The quantitative estimate of drug-likeness (QED) is 0.717. The first-order chi connectivity index (χ1) is 12.1. The molecule has 0 spiro atoms. The third-order valence-electron chi connectivity index (χ3n) is 3.58. The zero-order valence-electron chi connectivity index (χ0n) is 13.1. The summed E-state index contributed by atoms with van der Waals surface area (Å²) in [4.78, 5) is 20.1. The van der Waals surface area contributed by atoms with Crippen LogP contribution in [0.2, 0.25) is 0 Å². The van der Waals surface area contributed by atoms with Crippen molar-refractivity contribution in [2.24, 2.45) is 0 Å². The molecule has 3 aromatic heterocycles. The standard InChI is InChI=1S/C17H15N3O3S2/c21-17(14-5-2-8-19-11-14)20-12-15(13-4-1-7-18-10-13)25(22,23)16-6-3-9-24-16/h1-11,15H,12H2,(H,20,21)/t15-/m1/s1. The minimum Gasteiger partial charge on any atom is -0.350 e. The molecule has 0 radical (unpaired) electrons. The highest BCUT2D eigenvalue weighted by Crippen LogP contribution is 2.30. The van der Waals surface area contributed by atoms with Crippen LogP contribution in [0.1, 0.15) is 21.2 Å². The van der Waals surface area contributed by atoms with E-state index in [1.165, 1.54) is 12.4 Å². The van der Waals surface area contributed by atoms with Gasteiger partial charge in [0.1, 0.15) is 9.46 Å². The molecule has 3 rings (SSSR count). The molecule has 0 aliphatic heterocycles. The number of pyridine rings is 2. The van der Waals surface area contributed by atoms with Crippen molar-refractivity contribution in [3.8, 4) is 0 Å². The zero-order valence-corrected chi connectivity index (χ0v) is 14.7. The minimum atomic E-state index is -3.64. The number of amides is 1. The number of carbonyl (C=O) groups is 1. The molecular weight excluding hydrogens is 358 g/mol. The molecule has 0 saturated heterocycles. The van der Waals surface area contributed by atoms with E-state index in [1.807, 2.05) is 0 Å². The SMILES string of the molecule is O=C(NC[C@H](c1cccnc1)S(=O)(=O)c1cccs1)c1cccnc1. The van der Waals surface area contributed by atoms with Gasteiger partial charge in [-0.1, -0.05) is 12.1 Å². The third kappa shape index (κ3) is 3.92. The summed E-state index contributed by atoms with van der Waals surface area (Å²) in [7, 11) is -3.64. The maximum Gasteiger partial charge on any atom is 0.252 e. The highest BCUT2D eigenvalue weighted by atomic mass is 32.2. The molecular formula is C17H15N3O3S2. The van der Waals surface area contributed by atoms with Gasteiger partial charge in [0.2, 0.25) is 0 Å². The maximum absolute atomic E-state index is 13.0. The van der Waals surface area contributed by atoms with Gasteiger partial charge < -0.3 is 5.32 Å². The molecule has 3 heterocycles. The van der Waals surface area contributed by atoms with E-state index in [2.05, 4.69) is 15.3 Å². The molecule has 0 aliphatic rings. The van der Waals surface area contributed by atoms with Crippen LogP contribution in [0.3, 0.4) is 0 Å². The van der Waals surface area contributed by atoms with Gasteiger partial charge in [0.25, 0.3) is 5.91 Å². The van der Waals surface area contributed by atoms with Crippen LogP contribution in [0.15, 0.2) is 70.8 Å². The van der Waals surface area contributed by atoms with E-state index < -0.39 is 15.1 Å². The zero-order chi connectivity index (χ0) is 17.7. The first-order valence-corrected chi connectivity index (χ1v) is 9.87. The van der Waals surface area contributed by atoms with Gasteiger partial charge in [-0.05, 0) is 35.2 Å². The van der Waals surface area contributed by atoms with Gasteiger partial charge in [-0.15, -0.1) is 11.3 Å². The van der Waals surface area contributed by atoms with Crippen molar-refractivity contribution >= 4 is 27.1 Å². The number of nitrogens with zero attached hydrogens (tertiary/aromatic N) is 2. The van der Waals surface area contributed by atoms with Crippen LogP contribution in [-0.4, -0.2) is 30.8 Å². The van der Waals surface area contributed by atoms with Crippen LogP contribution in [0.4, 0.5) is 0 Å². The fourth-order valence-corrected chi connectivity index (χ4v) is 5.17. The summed E-state index contributed by atoms with van der Waals surface area (Å²) in [6.07, 6.45) is 6.08. The second kappa shape index (κ2) is 7.54. The van der Waals surface area contributed by atoms with Crippen LogP contribution < -0.4 is 5.32 Å². The topological polar surface area (TPSA) is 89.0 Å². The molecule has 0 fully saturated rings. The Morgan fingerprint density at radius 2 is 1.84 bits per heavy atom. The number of hydrogen-bond acceptors (Lipinski definition) is 6.